The van der Waals surface area contributed by atoms with E-state index in [4.69, 9.17) is 30.4 Å². The SMILES string of the molecule is [2H]Oc1c(Cl)cc(N)cc1Cl. The average molecular weight is 179 g/mol. The highest BCUT2D eigenvalue weighted by atomic mass is 35.5. The number of rotatable bonds is 1. The topological polar surface area (TPSA) is 46.2 Å². The molecule has 0 heterocycles. The fourth-order valence-corrected chi connectivity index (χ4v) is 1.08. The molecular weight excluding hydrogens is 173 g/mol. The number of nitrogen functional groups attached to an aromatic ring is 1. The summed E-state index contributed by atoms with van der Waals surface area (Å²) in [6.07, 6.45) is 0. The van der Waals surface area contributed by atoms with E-state index in [2.05, 4.69) is 5.11 Å². The zero-order valence-electron chi connectivity index (χ0n) is 5.90. The van der Waals surface area contributed by atoms with Crippen LogP contribution >= 0.6 is 23.2 Å². The molecule has 54 valence electrons. The average Bonchev–Trinajstić information content (AvgIpc) is 1.85. The first kappa shape index (κ1) is 6.13. The molecule has 0 bridgehead atoms. The molecule has 0 radical (unpaired) electrons. The number of phenols is 1. The molecule has 4 heteroatoms. The van der Waals surface area contributed by atoms with E-state index in [1.807, 2.05) is 0 Å². The monoisotopic (exact) mass is 178 g/mol. The summed E-state index contributed by atoms with van der Waals surface area (Å²) in [4.78, 5) is 0. The maximum absolute atomic E-state index is 6.59. The van der Waals surface area contributed by atoms with Crippen LogP contribution in [0.2, 0.25) is 10.0 Å². The van der Waals surface area contributed by atoms with Gasteiger partial charge < -0.3 is 10.8 Å². The Morgan fingerprint density at radius 1 is 1.40 bits per heavy atom. The molecule has 0 unspecified atom stereocenters. The van der Waals surface area contributed by atoms with Crippen LogP contribution in [0.1, 0.15) is 0 Å². The smallest absolute Gasteiger partial charge is 0.293 e. The van der Waals surface area contributed by atoms with E-state index in [0.29, 0.717) is 5.69 Å². The van der Waals surface area contributed by atoms with E-state index in [1.54, 1.807) is 0 Å². The molecule has 0 saturated heterocycles. The predicted molar refractivity (Wildman–Crippen MR) is 42.5 cm³/mol. The Morgan fingerprint density at radius 3 is 2.30 bits per heavy atom. The van der Waals surface area contributed by atoms with Crippen molar-refractivity contribution in [2.45, 2.75) is 0 Å². The third-order valence-electron chi connectivity index (χ3n) is 1.02. The summed E-state index contributed by atoms with van der Waals surface area (Å²) in [7, 11) is 0. The molecule has 0 aromatic heterocycles. The van der Waals surface area contributed by atoms with Gasteiger partial charge in [0.2, 0.25) is 0 Å². The van der Waals surface area contributed by atoms with E-state index in [1.165, 1.54) is 12.1 Å². The van der Waals surface area contributed by atoms with Gasteiger partial charge in [0.15, 0.2) is 5.75 Å². The molecule has 0 atom stereocenters. The Kier molecular flexibility index (Phi) is 1.57. The maximum atomic E-state index is 6.59. The molecule has 0 aliphatic heterocycles. The van der Waals surface area contributed by atoms with Crippen molar-refractivity contribution in [1.82, 2.24) is 0 Å². The van der Waals surface area contributed by atoms with Crippen LogP contribution in [0, 0.1) is 0 Å². The molecule has 1 aromatic carbocycles. The number of nitrogens with two attached hydrogens (primary N) is 1. The minimum atomic E-state index is 0.127. The Morgan fingerprint density at radius 2 is 1.90 bits per heavy atom. The second-order valence-corrected chi connectivity index (χ2v) is 2.63. The summed E-state index contributed by atoms with van der Waals surface area (Å²) in [6, 6.07) is 2.94. The first-order valence-corrected chi connectivity index (χ1v) is 3.28. The van der Waals surface area contributed by atoms with E-state index < -0.39 is 0 Å². The highest BCUT2D eigenvalue weighted by Crippen LogP contribution is 2.33. The zero-order valence-corrected chi connectivity index (χ0v) is 6.41. The molecule has 2 nitrogen and oxygen atoms in total. The Labute approximate surface area is 69.7 Å². The zero-order chi connectivity index (χ0) is 8.43. The fourth-order valence-electron chi connectivity index (χ4n) is 0.579. The number of halogens is 2. The molecule has 10 heavy (non-hydrogen) atoms. The van der Waals surface area contributed by atoms with Gasteiger partial charge in [-0.05, 0) is 12.1 Å². The van der Waals surface area contributed by atoms with Gasteiger partial charge in [-0.25, -0.2) is 0 Å². The molecule has 0 saturated carbocycles. The van der Waals surface area contributed by atoms with Crippen LogP contribution in [0.3, 0.4) is 0 Å². The van der Waals surface area contributed by atoms with Gasteiger partial charge in [0, 0.05) is 5.69 Å². The van der Waals surface area contributed by atoms with E-state index >= 15 is 0 Å². The van der Waals surface area contributed by atoms with Gasteiger partial charge in [-0.3, -0.25) is 0 Å². The van der Waals surface area contributed by atoms with E-state index in [0.717, 1.165) is 0 Å². The first-order chi connectivity index (χ1) is 5.15. The second-order valence-electron chi connectivity index (χ2n) is 1.81. The van der Waals surface area contributed by atoms with Gasteiger partial charge in [0.1, 0.15) is 0 Å². The standard InChI is InChI=1S/C6H5Cl2NO/c7-4-1-3(9)2-5(8)6(4)10/h1-2,10H,9H2/i/hD. The van der Waals surface area contributed by atoms with Crippen LogP contribution < -0.4 is 5.73 Å². The molecule has 1 rings (SSSR count). The van der Waals surface area contributed by atoms with Crippen LogP contribution in [0.25, 0.3) is 0 Å². The summed E-state index contributed by atoms with van der Waals surface area (Å²) in [5.41, 5.74) is 5.84. The van der Waals surface area contributed by atoms with Crippen molar-refractivity contribution in [1.29, 1.82) is 1.43 Å². The third kappa shape index (κ3) is 1.28. The summed E-state index contributed by atoms with van der Waals surface area (Å²) >= 11 is 11.3. The van der Waals surface area contributed by atoms with Gasteiger partial charge in [0.05, 0.1) is 10.0 Å². The van der Waals surface area contributed by atoms with E-state index in [-0.39, 0.29) is 15.8 Å². The number of anilines is 1. The Balaban J connectivity index is 3.25. The van der Waals surface area contributed by atoms with Crippen molar-refractivity contribution in [3.05, 3.63) is 22.2 Å². The lowest BCUT2D eigenvalue weighted by Crippen LogP contribution is -1.83. The Hall–Kier alpha value is -0.600. The van der Waals surface area contributed by atoms with Crippen LogP contribution in [-0.2, 0) is 0 Å². The summed E-state index contributed by atoms with van der Waals surface area (Å²) < 4.78 is 6.59. The highest BCUT2D eigenvalue weighted by molar-refractivity contribution is 6.37. The van der Waals surface area contributed by atoms with E-state index in [9.17, 15) is 0 Å². The van der Waals surface area contributed by atoms with Gasteiger partial charge in [-0.15, -0.1) is 0 Å². The number of phenolic OH excluding ortho intramolecular Hbond substituents is 1. The van der Waals surface area contributed by atoms with Gasteiger partial charge in [0.25, 0.3) is 1.43 Å². The number of hydrogen-bond donors (Lipinski definition) is 2. The predicted octanol–water partition coefficient (Wildman–Crippen LogP) is 2.28. The van der Waals surface area contributed by atoms with Crippen LogP contribution in [0.5, 0.6) is 5.75 Å². The molecule has 0 aliphatic rings. The number of benzene rings is 1. The van der Waals surface area contributed by atoms with Crippen molar-refractivity contribution in [2.75, 3.05) is 5.73 Å². The second kappa shape index (κ2) is 2.56. The lowest BCUT2D eigenvalue weighted by molar-refractivity contribution is 0.476. The highest BCUT2D eigenvalue weighted by Gasteiger charge is 2.03. The van der Waals surface area contributed by atoms with Crippen LogP contribution in [0.15, 0.2) is 12.1 Å². The van der Waals surface area contributed by atoms with Gasteiger partial charge in [-0.2, -0.15) is 0 Å². The number of aromatic hydroxyl groups is 1. The number of hydrogen-bond acceptors (Lipinski definition) is 2. The molecule has 0 amide bonds. The van der Waals surface area contributed by atoms with Crippen molar-refractivity contribution in [3.63, 3.8) is 0 Å². The summed E-state index contributed by atoms with van der Waals surface area (Å²) in [6.45, 7) is 0. The fraction of sp³-hybridized carbons (Fsp3) is 0. The summed E-state index contributed by atoms with van der Waals surface area (Å²) in [5.74, 6) is 0.127. The largest absolute Gasteiger partial charge is 0.505 e. The van der Waals surface area contributed by atoms with Crippen LogP contribution in [0.4, 0.5) is 5.69 Å². The lowest BCUT2D eigenvalue weighted by Gasteiger charge is -1.99. The van der Waals surface area contributed by atoms with Crippen LogP contribution in [-0.4, -0.2) is 6.54 Å². The minimum absolute atomic E-state index is 0.127. The molecular formula is C6H5Cl2NO. The third-order valence-corrected chi connectivity index (χ3v) is 1.58. The lowest BCUT2D eigenvalue weighted by atomic mass is 10.3. The molecule has 1 aromatic rings. The van der Waals surface area contributed by atoms with Gasteiger partial charge >= 0.3 is 0 Å². The molecule has 0 aliphatic carbocycles. The molecule has 0 fully saturated rings. The minimum Gasteiger partial charge on any atom is -0.505 e. The summed E-state index contributed by atoms with van der Waals surface area (Å²) in [5, 5.41) is 4.64. The normalized spacial score (nSPS) is 10.8. The first-order valence-electron chi connectivity index (χ1n) is 2.93. The quantitative estimate of drug-likeness (QED) is 0.513. The van der Waals surface area contributed by atoms with Crippen molar-refractivity contribution < 1.29 is 5.11 Å². The van der Waals surface area contributed by atoms with Crippen molar-refractivity contribution >= 4 is 28.9 Å². The molecule has 3 N–H and O–H groups in total. The van der Waals surface area contributed by atoms with Crippen molar-refractivity contribution in [3.8, 4) is 5.75 Å². The van der Waals surface area contributed by atoms with Crippen molar-refractivity contribution in [2.24, 2.45) is 0 Å². The van der Waals surface area contributed by atoms with Gasteiger partial charge in [-0.1, -0.05) is 23.2 Å². The molecule has 0 spiro atoms. The Bertz CT molecular complexity index is 256. The maximum Gasteiger partial charge on any atom is 0.293 e.